The van der Waals surface area contributed by atoms with E-state index in [1.54, 1.807) is 26.4 Å². The van der Waals surface area contributed by atoms with Gasteiger partial charge in [0.15, 0.2) is 0 Å². The third-order valence-corrected chi connectivity index (χ3v) is 6.09. The Morgan fingerprint density at radius 1 is 1.20 bits per heavy atom. The fourth-order valence-electron chi connectivity index (χ4n) is 3.64. The predicted octanol–water partition coefficient (Wildman–Crippen LogP) is 4.12. The van der Waals surface area contributed by atoms with Crippen molar-refractivity contribution in [3.05, 3.63) is 57.3 Å². The third-order valence-electron chi connectivity index (χ3n) is 5.17. The van der Waals surface area contributed by atoms with Gasteiger partial charge in [-0.1, -0.05) is 26.8 Å². The summed E-state index contributed by atoms with van der Waals surface area (Å²) in [6, 6.07) is 8.39. The quantitative estimate of drug-likeness (QED) is 0.425. The first-order valence-electron chi connectivity index (χ1n) is 9.70. The van der Waals surface area contributed by atoms with E-state index >= 15 is 0 Å². The van der Waals surface area contributed by atoms with E-state index in [1.165, 1.54) is 16.2 Å². The Bertz CT molecular complexity index is 972. The second kappa shape index (κ2) is 8.62. The monoisotopic (exact) mass is 429 g/mol. The van der Waals surface area contributed by atoms with E-state index in [0.717, 1.165) is 10.4 Å². The molecule has 7 heteroatoms. The van der Waals surface area contributed by atoms with E-state index in [1.807, 2.05) is 44.4 Å². The number of thiophene rings is 1. The van der Waals surface area contributed by atoms with E-state index in [2.05, 4.69) is 0 Å². The molecule has 1 aromatic heterocycles. The molecule has 0 bridgehead atoms. The molecule has 2 heterocycles. The van der Waals surface area contributed by atoms with Crippen LogP contribution in [0.5, 0.6) is 5.75 Å². The topological polar surface area (TPSA) is 76.1 Å². The largest absolute Gasteiger partial charge is 0.507 e. The maximum absolute atomic E-state index is 12.9. The van der Waals surface area contributed by atoms with Crippen molar-refractivity contribution < 1.29 is 24.2 Å². The average molecular weight is 430 g/mol. The molecule has 0 saturated carbocycles. The lowest BCUT2D eigenvalue weighted by atomic mass is 9.84. The van der Waals surface area contributed by atoms with Crippen LogP contribution < -0.4 is 4.74 Å². The van der Waals surface area contributed by atoms with E-state index in [0.29, 0.717) is 17.9 Å². The number of likely N-dealkylation sites (tertiary alicyclic amines) is 1. The summed E-state index contributed by atoms with van der Waals surface area (Å²) in [6.07, 6.45) is 0. The van der Waals surface area contributed by atoms with Gasteiger partial charge < -0.3 is 19.5 Å². The maximum atomic E-state index is 12.9. The van der Waals surface area contributed by atoms with Gasteiger partial charge in [0, 0.05) is 29.7 Å². The minimum absolute atomic E-state index is 0.101. The van der Waals surface area contributed by atoms with Crippen LogP contribution in [0.25, 0.3) is 5.76 Å². The fourth-order valence-corrected chi connectivity index (χ4v) is 4.49. The second-order valence-corrected chi connectivity index (χ2v) is 9.15. The van der Waals surface area contributed by atoms with Crippen molar-refractivity contribution in [3.63, 3.8) is 0 Å². The number of ether oxygens (including phenoxy) is 2. The molecule has 1 aromatic carbocycles. The number of carbonyl (C=O) groups is 2. The minimum Gasteiger partial charge on any atom is -0.507 e. The van der Waals surface area contributed by atoms with Gasteiger partial charge in [0.2, 0.25) is 0 Å². The van der Waals surface area contributed by atoms with Gasteiger partial charge >= 0.3 is 0 Å². The summed E-state index contributed by atoms with van der Waals surface area (Å²) in [5, 5.41) is 13.1. The Kier molecular flexibility index (Phi) is 6.33. The zero-order chi connectivity index (χ0) is 22.1. The van der Waals surface area contributed by atoms with Crippen LogP contribution in [0.1, 0.15) is 42.8 Å². The van der Waals surface area contributed by atoms with E-state index in [9.17, 15) is 14.7 Å². The normalized spacial score (nSPS) is 18.8. The van der Waals surface area contributed by atoms with Crippen LogP contribution in [0.3, 0.4) is 0 Å². The molecule has 0 radical (unpaired) electrons. The Morgan fingerprint density at radius 3 is 2.50 bits per heavy atom. The summed E-state index contributed by atoms with van der Waals surface area (Å²) in [6.45, 7) is 6.69. The molecule has 1 unspecified atom stereocenters. The molecule has 0 spiro atoms. The molecule has 0 aliphatic carbocycles. The summed E-state index contributed by atoms with van der Waals surface area (Å²) in [5.74, 6) is -0.791. The summed E-state index contributed by atoms with van der Waals surface area (Å²) in [7, 11) is 3.14. The molecule has 160 valence electrons. The van der Waals surface area contributed by atoms with Gasteiger partial charge in [0.25, 0.3) is 11.7 Å². The number of benzene rings is 1. The summed E-state index contributed by atoms with van der Waals surface area (Å²) < 4.78 is 10.6. The van der Waals surface area contributed by atoms with E-state index in [4.69, 9.17) is 9.47 Å². The first-order chi connectivity index (χ1) is 14.2. The number of hydrogen-bond donors (Lipinski definition) is 1. The van der Waals surface area contributed by atoms with Crippen molar-refractivity contribution in [2.45, 2.75) is 32.2 Å². The van der Waals surface area contributed by atoms with Gasteiger partial charge in [-0.3, -0.25) is 9.59 Å². The number of carbonyl (C=O) groups excluding carboxylic acids is 2. The molecule has 2 aromatic rings. The van der Waals surface area contributed by atoms with Gasteiger partial charge in [-0.15, -0.1) is 11.3 Å². The average Bonchev–Trinajstić information content (AvgIpc) is 3.32. The van der Waals surface area contributed by atoms with E-state index in [-0.39, 0.29) is 23.3 Å². The molecule has 1 fully saturated rings. The van der Waals surface area contributed by atoms with Crippen LogP contribution in [0.2, 0.25) is 0 Å². The van der Waals surface area contributed by atoms with Crippen LogP contribution in [0.4, 0.5) is 0 Å². The van der Waals surface area contributed by atoms with Crippen molar-refractivity contribution in [1.82, 2.24) is 4.90 Å². The predicted molar refractivity (Wildman–Crippen MR) is 117 cm³/mol. The highest BCUT2D eigenvalue weighted by Gasteiger charge is 2.46. The summed E-state index contributed by atoms with van der Waals surface area (Å²) in [5.41, 5.74) is 1.24. The smallest absolute Gasteiger partial charge is 0.295 e. The zero-order valence-corrected chi connectivity index (χ0v) is 18.7. The molecule has 6 nitrogen and oxygen atoms in total. The maximum Gasteiger partial charge on any atom is 0.295 e. The van der Waals surface area contributed by atoms with Gasteiger partial charge in [-0.05, 0) is 35.1 Å². The number of Topliss-reactive ketones (excluding diaryl/α,β-unsaturated/α-hetero) is 1. The van der Waals surface area contributed by atoms with Crippen LogP contribution >= 0.6 is 11.3 Å². The number of nitrogens with zero attached hydrogens (tertiary/aromatic N) is 1. The molecule has 1 aliphatic heterocycles. The van der Waals surface area contributed by atoms with E-state index < -0.39 is 17.7 Å². The van der Waals surface area contributed by atoms with Crippen LogP contribution in [-0.4, -0.2) is 49.1 Å². The highest BCUT2D eigenvalue weighted by Crippen LogP contribution is 2.42. The number of amides is 1. The van der Waals surface area contributed by atoms with Gasteiger partial charge in [0.1, 0.15) is 11.5 Å². The Hall–Kier alpha value is -2.64. The van der Waals surface area contributed by atoms with Gasteiger partial charge in [0.05, 0.1) is 25.3 Å². The molecular formula is C23H27NO5S. The Labute approximate surface area is 180 Å². The Balaban J connectivity index is 2.17. The highest BCUT2D eigenvalue weighted by atomic mass is 32.1. The third kappa shape index (κ3) is 4.00. The molecule has 30 heavy (non-hydrogen) atoms. The zero-order valence-electron chi connectivity index (χ0n) is 17.9. The van der Waals surface area contributed by atoms with Crippen molar-refractivity contribution in [2.75, 3.05) is 27.4 Å². The molecule has 1 atom stereocenters. The summed E-state index contributed by atoms with van der Waals surface area (Å²) in [4.78, 5) is 28.0. The number of aliphatic hydroxyl groups is 1. The highest BCUT2D eigenvalue weighted by molar-refractivity contribution is 7.10. The number of ketones is 1. The number of rotatable bonds is 6. The first kappa shape index (κ1) is 22.1. The second-order valence-electron chi connectivity index (χ2n) is 8.17. The lowest BCUT2D eigenvalue weighted by molar-refractivity contribution is -0.140. The van der Waals surface area contributed by atoms with Gasteiger partial charge in [-0.25, -0.2) is 0 Å². The molecule has 3 rings (SSSR count). The van der Waals surface area contributed by atoms with Crippen molar-refractivity contribution in [2.24, 2.45) is 0 Å². The molecule has 1 amide bonds. The molecule has 1 aliphatic rings. The molecule has 1 saturated heterocycles. The van der Waals surface area contributed by atoms with Crippen LogP contribution in [0.15, 0.2) is 41.3 Å². The summed E-state index contributed by atoms with van der Waals surface area (Å²) >= 11 is 1.44. The van der Waals surface area contributed by atoms with Crippen molar-refractivity contribution in [1.29, 1.82) is 0 Å². The molecular weight excluding hydrogens is 402 g/mol. The molecule has 1 N–H and O–H groups in total. The van der Waals surface area contributed by atoms with Crippen molar-refractivity contribution >= 4 is 28.8 Å². The lowest BCUT2D eigenvalue weighted by Gasteiger charge is -2.24. The van der Waals surface area contributed by atoms with Gasteiger partial charge in [-0.2, -0.15) is 0 Å². The number of hydrogen-bond acceptors (Lipinski definition) is 6. The first-order valence-corrected chi connectivity index (χ1v) is 10.6. The van der Waals surface area contributed by atoms with Crippen LogP contribution in [0, 0.1) is 0 Å². The van der Waals surface area contributed by atoms with Crippen LogP contribution in [-0.2, 0) is 19.7 Å². The number of methoxy groups -OCH3 is 2. The lowest BCUT2D eigenvalue weighted by Crippen LogP contribution is -2.32. The van der Waals surface area contributed by atoms with Crippen molar-refractivity contribution in [3.8, 4) is 5.75 Å². The minimum atomic E-state index is -0.685. The number of aliphatic hydroxyl groups excluding tert-OH is 1. The SMILES string of the molecule is COCCN1C(=O)C(=O)/C(=C(\O)c2ccc(OC)c(C(C)(C)C)c2)C1c1cccs1. The fraction of sp³-hybridized carbons (Fsp3) is 0.391. The Morgan fingerprint density at radius 2 is 1.93 bits per heavy atom. The standard InChI is InChI=1S/C23H27NO5S/c1-23(2,3)15-13-14(8-9-16(15)29-5)20(25)18-19(17-7-6-12-30-17)24(10-11-28-4)22(27)21(18)26/h6-9,12-13,19,25H,10-11H2,1-5H3/b20-18-.